The van der Waals surface area contributed by atoms with Crippen molar-refractivity contribution in [1.29, 1.82) is 0 Å². The Bertz CT molecular complexity index is 563. The lowest BCUT2D eigenvalue weighted by Crippen LogP contribution is -2.54. The minimum Gasteiger partial charge on any atom is -0.378 e. The summed E-state index contributed by atoms with van der Waals surface area (Å²) < 4.78 is 0. The zero-order valence-corrected chi connectivity index (χ0v) is 14.4. The van der Waals surface area contributed by atoms with Crippen LogP contribution >= 0.6 is 0 Å². The fraction of sp³-hybridized carbons (Fsp3) is 0.529. The van der Waals surface area contributed by atoms with Crippen LogP contribution in [0.3, 0.4) is 0 Å². The van der Waals surface area contributed by atoms with E-state index in [0.29, 0.717) is 31.7 Å². The fourth-order valence-corrected chi connectivity index (χ4v) is 2.55. The second-order valence-corrected chi connectivity index (χ2v) is 6.33. The van der Waals surface area contributed by atoms with E-state index in [9.17, 15) is 9.59 Å². The van der Waals surface area contributed by atoms with E-state index in [0.717, 1.165) is 5.69 Å². The average molecular weight is 318 g/mol. The SMILES string of the molecule is CC(C)NC(=O)N1CCN(C(=O)c2cccc(N(C)C)c2)CC1. The Kier molecular flexibility index (Phi) is 5.47. The number of carbonyl (C=O) groups is 2. The summed E-state index contributed by atoms with van der Waals surface area (Å²) in [6, 6.07) is 7.69. The largest absolute Gasteiger partial charge is 0.378 e. The molecule has 1 N–H and O–H groups in total. The van der Waals surface area contributed by atoms with Crippen molar-refractivity contribution in [1.82, 2.24) is 15.1 Å². The van der Waals surface area contributed by atoms with Gasteiger partial charge < -0.3 is 20.0 Å². The van der Waals surface area contributed by atoms with E-state index in [1.165, 1.54) is 0 Å². The third-order valence-corrected chi connectivity index (χ3v) is 3.88. The number of hydrogen-bond donors (Lipinski definition) is 1. The number of nitrogens with zero attached hydrogens (tertiary/aromatic N) is 3. The first-order valence-corrected chi connectivity index (χ1v) is 8.00. The van der Waals surface area contributed by atoms with Crippen LogP contribution in [0.25, 0.3) is 0 Å². The molecule has 1 aromatic carbocycles. The molecular weight excluding hydrogens is 292 g/mol. The number of amides is 3. The number of urea groups is 1. The van der Waals surface area contributed by atoms with Crippen molar-refractivity contribution in [3.63, 3.8) is 0 Å². The zero-order valence-electron chi connectivity index (χ0n) is 14.4. The summed E-state index contributed by atoms with van der Waals surface area (Å²) in [4.78, 5) is 30.2. The first-order valence-electron chi connectivity index (χ1n) is 8.00. The van der Waals surface area contributed by atoms with Gasteiger partial charge in [-0.1, -0.05) is 6.07 Å². The standard InChI is InChI=1S/C17H26N4O2/c1-13(2)18-17(23)21-10-8-20(9-11-21)16(22)14-6-5-7-15(12-14)19(3)4/h5-7,12-13H,8-11H2,1-4H3,(H,18,23). The highest BCUT2D eigenvalue weighted by Crippen LogP contribution is 2.16. The Morgan fingerprint density at radius 2 is 1.70 bits per heavy atom. The van der Waals surface area contributed by atoms with Crippen LogP contribution in [0.15, 0.2) is 24.3 Å². The summed E-state index contributed by atoms with van der Waals surface area (Å²) >= 11 is 0. The number of anilines is 1. The van der Waals surface area contributed by atoms with Gasteiger partial charge in [-0.25, -0.2) is 4.79 Å². The lowest BCUT2D eigenvalue weighted by atomic mass is 10.1. The van der Waals surface area contributed by atoms with Crippen LogP contribution in [0.5, 0.6) is 0 Å². The van der Waals surface area contributed by atoms with Gasteiger partial charge in [-0.15, -0.1) is 0 Å². The van der Waals surface area contributed by atoms with Crippen LogP contribution in [0.4, 0.5) is 10.5 Å². The van der Waals surface area contributed by atoms with Gasteiger partial charge in [-0.3, -0.25) is 4.79 Å². The molecule has 23 heavy (non-hydrogen) atoms. The van der Waals surface area contributed by atoms with Crippen molar-refractivity contribution in [3.05, 3.63) is 29.8 Å². The zero-order chi connectivity index (χ0) is 17.0. The van der Waals surface area contributed by atoms with Crippen LogP contribution in [0.1, 0.15) is 24.2 Å². The maximum Gasteiger partial charge on any atom is 0.317 e. The van der Waals surface area contributed by atoms with Crippen LogP contribution < -0.4 is 10.2 Å². The van der Waals surface area contributed by atoms with Gasteiger partial charge in [-0.2, -0.15) is 0 Å². The van der Waals surface area contributed by atoms with E-state index in [1.807, 2.05) is 62.0 Å². The molecule has 0 unspecified atom stereocenters. The van der Waals surface area contributed by atoms with E-state index in [-0.39, 0.29) is 18.0 Å². The molecule has 0 saturated carbocycles. The Morgan fingerprint density at radius 1 is 1.09 bits per heavy atom. The molecule has 1 saturated heterocycles. The predicted octanol–water partition coefficient (Wildman–Crippen LogP) is 1.63. The normalized spacial score (nSPS) is 14.8. The van der Waals surface area contributed by atoms with E-state index < -0.39 is 0 Å². The van der Waals surface area contributed by atoms with E-state index in [1.54, 1.807) is 4.90 Å². The van der Waals surface area contributed by atoms with Crippen molar-refractivity contribution in [3.8, 4) is 0 Å². The minimum atomic E-state index is -0.0540. The fourth-order valence-electron chi connectivity index (χ4n) is 2.55. The second kappa shape index (κ2) is 7.35. The first-order chi connectivity index (χ1) is 10.9. The number of carbonyl (C=O) groups excluding carboxylic acids is 2. The summed E-state index contributed by atoms with van der Waals surface area (Å²) in [6.07, 6.45) is 0. The van der Waals surface area contributed by atoms with Crippen molar-refractivity contribution in [2.45, 2.75) is 19.9 Å². The molecule has 3 amide bonds. The topological polar surface area (TPSA) is 55.9 Å². The van der Waals surface area contributed by atoms with Gasteiger partial charge >= 0.3 is 6.03 Å². The van der Waals surface area contributed by atoms with Crippen molar-refractivity contribution < 1.29 is 9.59 Å². The molecule has 6 nitrogen and oxygen atoms in total. The number of rotatable bonds is 3. The van der Waals surface area contributed by atoms with Gasteiger partial charge in [-0.05, 0) is 32.0 Å². The first kappa shape index (κ1) is 17.1. The number of piperazine rings is 1. The summed E-state index contributed by atoms with van der Waals surface area (Å²) in [5.41, 5.74) is 1.70. The lowest BCUT2D eigenvalue weighted by molar-refractivity contribution is 0.0664. The van der Waals surface area contributed by atoms with E-state index in [4.69, 9.17) is 0 Å². The molecule has 1 aliphatic heterocycles. The molecule has 2 rings (SSSR count). The molecule has 0 atom stereocenters. The molecule has 6 heteroatoms. The van der Waals surface area contributed by atoms with Gasteiger partial charge in [0.1, 0.15) is 0 Å². The van der Waals surface area contributed by atoms with Crippen molar-refractivity contribution in [2.24, 2.45) is 0 Å². The predicted molar refractivity (Wildman–Crippen MR) is 91.9 cm³/mol. The highest BCUT2D eigenvalue weighted by Gasteiger charge is 2.25. The summed E-state index contributed by atoms with van der Waals surface area (Å²) in [7, 11) is 3.91. The summed E-state index contributed by atoms with van der Waals surface area (Å²) in [6.45, 7) is 6.15. The molecule has 0 aromatic heterocycles. The van der Waals surface area contributed by atoms with Crippen molar-refractivity contribution >= 4 is 17.6 Å². The second-order valence-electron chi connectivity index (χ2n) is 6.33. The average Bonchev–Trinajstić information content (AvgIpc) is 2.53. The van der Waals surface area contributed by atoms with Crippen LogP contribution in [-0.4, -0.2) is 68.1 Å². The molecule has 0 spiro atoms. The van der Waals surface area contributed by atoms with Crippen LogP contribution in [-0.2, 0) is 0 Å². The number of nitrogens with one attached hydrogen (secondary N) is 1. The van der Waals surface area contributed by atoms with Crippen LogP contribution in [0.2, 0.25) is 0 Å². The Balaban J connectivity index is 1.96. The maximum absolute atomic E-state index is 12.6. The third kappa shape index (κ3) is 4.37. The molecule has 1 aliphatic rings. The van der Waals surface area contributed by atoms with Crippen molar-refractivity contribution in [2.75, 3.05) is 45.2 Å². The highest BCUT2D eigenvalue weighted by molar-refractivity contribution is 5.95. The molecule has 1 fully saturated rings. The lowest BCUT2D eigenvalue weighted by Gasteiger charge is -2.35. The van der Waals surface area contributed by atoms with Crippen LogP contribution in [0, 0.1) is 0 Å². The van der Waals surface area contributed by atoms with Gasteiger partial charge in [0.2, 0.25) is 0 Å². The third-order valence-electron chi connectivity index (χ3n) is 3.88. The van der Waals surface area contributed by atoms with Gasteiger partial charge in [0.15, 0.2) is 0 Å². The molecule has 126 valence electrons. The maximum atomic E-state index is 12.6. The smallest absolute Gasteiger partial charge is 0.317 e. The highest BCUT2D eigenvalue weighted by atomic mass is 16.2. The Morgan fingerprint density at radius 3 is 2.26 bits per heavy atom. The molecular formula is C17H26N4O2. The summed E-state index contributed by atoms with van der Waals surface area (Å²) in [5.74, 6) is 0.0256. The molecule has 0 aliphatic carbocycles. The van der Waals surface area contributed by atoms with Gasteiger partial charge in [0.05, 0.1) is 0 Å². The minimum absolute atomic E-state index is 0.0256. The van der Waals surface area contributed by atoms with Gasteiger partial charge in [0, 0.05) is 57.6 Å². The number of benzene rings is 1. The molecule has 0 bridgehead atoms. The summed E-state index contributed by atoms with van der Waals surface area (Å²) in [5, 5.41) is 2.89. The van der Waals surface area contributed by atoms with E-state index in [2.05, 4.69) is 5.32 Å². The molecule has 1 aromatic rings. The Hall–Kier alpha value is -2.24. The Labute approximate surface area is 138 Å². The molecule has 1 heterocycles. The number of hydrogen-bond acceptors (Lipinski definition) is 3. The van der Waals surface area contributed by atoms with Gasteiger partial charge in [0.25, 0.3) is 5.91 Å². The monoisotopic (exact) mass is 318 g/mol. The van der Waals surface area contributed by atoms with E-state index >= 15 is 0 Å². The quantitative estimate of drug-likeness (QED) is 0.921. The molecule has 0 radical (unpaired) electrons.